The standard InChI is InChI=1S/C20H24N2O2/c1-15-12-16(2)14-17(13-15)20(23)22-10-8-21(9-11-22)18-6-4-5-7-19(18)24-3/h4-7,12-14H,8-11H2,1-3H3. The molecule has 1 heterocycles. The predicted molar refractivity (Wildman–Crippen MR) is 97.0 cm³/mol. The Labute approximate surface area is 143 Å². The fourth-order valence-electron chi connectivity index (χ4n) is 3.32. The van der Waals surface area contributed by atoms with E-state index in [1.54, 1.807) is 7.11 Å². The molecule has 4 heteroatoms. The van der Waals surface area contributed by atoms with Gasteiger partial charge in [-0.3, -0.25) is 4.79 Å². The van der Waals surface area contributed by atoms with E-state index in [1.165, 1.54) is 0 Å². The lowest BCUT2D eigenvalue weighted by Crippen LogP contribution is -2.48. The lowest BCUT2D eigenvalue weighted by Gasteiger charge is -2.36. The Bertz CT molecular complexity index is 714. The molecule has 0 aromatic heterocycles. The van der Waals surface area contributed by atoms with Crippen LogP contribution in [0.4, 0.5) is 5.69 Å². The number of hydrogen-bond acceptors (Lipinski definition) is 3. The quantitative estimate of drug-likeness (QED) is 0.869. The summed E-state index contributed by atoms with van der Waals surface area (Å²) < 4.78 is 5.45. The maximum absolute atomic E-state index is 12.8. The maximum atomic E-state index is 12.8. The van der Waals surface area contributed by atoms with Crippen molar-refractivity contribution < 1.29 is 9.53 Å². The van der Waals surface area contributed by atoms with E-state index in [4.69, 9.17) is 4.74 Å². The number of nitrogens with zero attached hydrogens (tertiary/aromatic N) is 2. The summed E-state index contributed by atoms with van der Waals surface area (Å²) in [5, 5.41) is 0. The molecule has 1 saturated heterocycles. The molecule has 2 aromatic rings. The Kier molecular flexibility index (Phi) is 4.74. The highest BCUT2D eigenvalue weighted by Crippen LogP contribution is 2.28. The molecule has 1 aliphatic heterocycles. The molecule has 2 aromatic carbocycles. The van der Waals surface area contributed by atoms with Gasteiger partial charge in [0.25, 0.3) is 5.91 Å². The van der Waals surface area contributed by atoms with Crippen LogP contribution in [0.3, 0.4) is 0 Å². The minimum absolute atomic E-state index is 0.126. The average molecular weight is 324 g/mol. The summed E-state index contributed by atoms with van der Waals surface area (Å²) in [4.78, 5) is 17.0. The fourth-order valence-corrected chi connectivity index (χ4v) is 3.32. The molecule has 0 saturated carbocycles. The van der Waals surface area contributed by atoms with E-state index in [2.05, 4.69) is 17.0 Å². The Morgan fingerprint density at radius 1 is 0.958 bits per heavy atom. The highest BCUT2D eigenvalue weighted by molar-refractivity contribution is 5.94. The Morgan fingerprint density at radius 2 is 1.58 bits per heavy atom. The number of carbonyl (C=O) groups is 1. The molecule has 24 heavy (non-hydrogen) atoms. The van der Waals surface area contributed by atoms with Gasteiger partial charge in [0.2, 0.25) is 0 Å². The van der Waals surface area contributed by atoms with Gasteiger partial charge >= 0.3 is 0 Å². The van der Waals surface area contributed by atoms with Crippen LogP contribution in [-0.4, -0.2) is 44.1 Å². The second-order valence-electron chi connectivity index (χ2n) is 6.33. The Hall–Kier alpha value is -2.49. The van der Waals surface area contributed by atoms with E-state index in [1.807, 2.05) is 49.1 Å². The summed E-state index contributed by atoms with van der Waals surface area (Å²) in [5.74, 6) is 1.01. The summed E-state index contributed by atoms with van der Waals surface area (Å²) in [5.41, 5.74) is 4.15. The number of rotatable bonds is 3. The summed E-state index contributed by atoms with van der Waals surface area (Å²) in [7, 11) is 1.69. The topological polar surface area (TPSA) is 32.8 Å². The average Bonchev–Trinajstić information content (AvgIpc) is 2.60. The molecule has 0 unspecified atom stereocenters. The first kappa shape index (κ1) is 16.4. The minimum atomic E-state index is 0.126. The van der Waals surface area contributed by atoms with E-state index in [-0.39, 0.29) is 5.91 Å². The van der Waals surface area contributed by atoms with Crippen molar-refractivity contribution in [3.63, 3.8) is 0 Å². The molecule has 1 amide bonds. The Balaban J connectivity index is 1.69. The molecule has 1 aliphatic rings. The molecule has 0 radical (unpaired) electrons. The second kappa shape index (κ2) is 6.95. The molecular formula is C20H24N2O2. The number of para-hydroxylation sites is 2. The number of ether oxygens (including phenoxy) is 1. The number of methoxy groups -OCH3 is 1. The highest BCUT2D eigenvalue weighted by atomic mass is 16.5. The lowest BCUT2D eigenvalue weighted by atomic mass is 10.1. The summed E-state index contributed by atoms with van der Waals surface area (Å²) >= 11 is 0. The van der Waals surface area contributed by atoms with Gasteiger partial charge in [-0.05, 0) is 38.1 Å². The molecule has 0 bridgehead atoms. The largest absolute Gasteiger partial charge is 0.495 e. The highest BCUT2D eigenvalue weighted by Gasteiger charge is 2.23. The summed E-state index contributed by atoms with van der Waals surface area (Å²) in [6.45, 7) is 7.15. The van der Waals surface area contributed by atoms with Crippen molar-refractivity contribution >= 4 is 11.6 Å². The third kappa shape index (κ3) is 3.37. The Morgan fingerprint density at radius 3 is 2.21 bits per heavy atom. The van der Waals surface area contributed by atoms with Crippen LogP contribution in [0.25, 0.3) is 0 Å². The molecule has 0 N–H and O–H groups in total. The molecule has 4 nitrogen and oxygen atoms in total. The van der Waals surface area contributed by atoms with Gasteiger partial charge < -0.3 is 14.5 Å². The zero-order valence-corrected chi connectivity index (χ0v) is 14.6. The monoisotopic (exact) mass is 324 g/mol. The number of amides is 1. The van der Waals surface area contributed by atoms with Gasteiger partial charge in [0.05, 0.1) is 12.8 Å². The molecule has 126 valence electrons. The number of benzene rings is 2. The van der Waals surface area contributed by atoms with E-state index >= 15 is 0 Å². The van der Waals surface area contributed by atoms with Crippen LogP contribution in [0, 0.1) is 13.8 Å². The molecule has 1 fully saturated rings. The molecule has 3 rings (SSSR count). The van der Waals surface area contributed by atoms with E-state index in [0.29, 0.717) is 0 Å². The molecule has 0 atom stereocenters. The minimum Gasteiger partial charge on any atom is -0.495 e. The van der Waals surface area contributed by atoms with Gasteiger partial charge in [-0.2, -0.15) is 0 Å². The van der Waals surface area contributed by atoms with Crippen molar-refractivity contribution in [2.24, 2.45) is 0 Å². The van der Waals surface area contributed by atoms with Crippen molar-refractivity contribution in [2.45, 2.75) is 13.8 Å². The number of hydrogen-bond donors (Lipinski definition) is 0. The van der Waals surface area contributed by atoms with Gasteiger partial charge in [-0.25, -0.2) is 0 Å². The van der Waals surface area contributed by atoms with E-state index in [0.717, 1.165) is 54.3 Å². The van der Waals surface area contributed by atoms with Gasteiger partial charge in [0, 0.05) is 31.7 Å². The van der Waals surface area contributed by atoms with Crippen molar-refractivity contribution in [2.75, 3.05) is 38.2 Å². The SMILES string of the molecule is COc1ccccc1N1CCN(C(=O)c2cc(C)cc(C)c2)CC1. The fraction of sp³-hybridized carbons (Fsp3) is 0.350. The summed E-state index contributed by atoms with van der Waals surface area (Å²) in [6.07, 6.45) is 0. The van der Waals surface area contributed by atoms with Crippen LogP contribution in [-0.2, 0) is 0 Å². The van der Waals surface area contributed by atoms with Crippen molar-refractivity contribution in [1.29, 1.82) is 0 Å². The van der Waals surface area contributed by atoms with Crippen LogP contribution < -0.4 is 9.64 Å². The van der Waals surface area contributed by atoms with Gasteiger partial charge in [-0.1, -0.05) is 29.3 Å². The van der Waals surface area contributed by atoms with Gasteiger partial charge in [0.1, 0.15) is 5.75 Å². The van der Waals surface area contributed by atoms with Crippen molar-refractivity contribution in [3.05, 3.63) is 59.2 Å². The molecule has 0 aliphatic carbocycles. The third-order valence-electron chi connectivity index (χ3n) is 4.46. The zero-order valence-electron chi connectivity index (χ0n) is 14.6. The maximum Gasteiger partial charge on any atom is 0.253 e. The van der Waals surface area contributed by atoms with Crippen LogP contribution in [0.1, 0.15) is 21.5 Å². The van der Waals surface area contributed by atoms with Crippen molar-refractivity contribution in [1.82, 2.24) is 4.90 Å². The first-order chi connectivity index (χ1) is 11.6. The smallest absolute Gasteiger partial charge is 0.253 e. The number of aryl methyl sites for hydroxylation is 2. The predicted octanol–water partition coefficient (Wildman–Crippen LogP) is 3.27. The number of carbonyl (C=O) groups excluding carboxylic acids is 1. The first-order valence-corrected chi connectivity index (χ1v) is 8.34. The van der Waals surface area contributed by atoms with Crippen LogP contribution in [0.2, 0.25) is 0 Å². The summed E-state index contributed by atoms with van der Waals surface area (Å²) in [6, 6.07) is 14.1. The van der Waals surface area contributed by atoms with Crippen LogP contribution in [0.15, 0.2) is 42.5 Å². The number of anilines is 1. The van der Waals surface area contributed by atoms with Gasteiger partial charge in [-0.15, -0.1) is 0 Å². The van der Waals surface area contributed by atoms with Gasteiger partial charge in [0.15, 0.2) is 0 Å². The second-order valence-corrected chi connectivity index (χ2v) is 6.33. The van der Waals surface area contributed by atoms with E-state index in [9.17, 15) is 4.79 Å². The lowest BCUT2D eigenvalue weighted by molar-refractivity contribution is 0.0746. The third-order valence-corrected chi connectivity index (χ3v) is 4.46. The molecular weight excluding hydrogens is 300 g/mol. The van der Waals surface area contributed by atoms with Crippen LogP contribution >= 0.6 is 0 Å². The van der Waals surface area contributed by atoms with E-state index < -0.39 is 0 Å². The zero-order chi connectivity index (χ0) is 17.1. The first-order valence-electron chi connectivity index (χ1n) is 8.34. The van der Waals surface area contributed by atoms with Crippen LogP contribution in [0.5, 0.6) is 5.75 Å². The number of piperazine rings is 1. The normalized spacial score (nSPS) is 14.6. The van der Waals surface area contributed by atoms with Crippen molar-refractivity contribution in [3.8, 4) is 5.75 Å². The molecule has 0 spiro atoms.